The van der Waals surface area contributed by atoms with E-state index in [-0.39, 0.29) is 0 Å². The molecule has 0 atom stereocenters. The molecule has 0 spiro atoms. The minimum absolute atomic E-state index is 0.418. The van der Waals surface area contributed by atoms with Crippen molar-refractivity contribution in [3.63, 3.8) is 0 Å². The monoisotopic (exact) mass is 243 g/mol. The predicted octanol–water partition coefficient (Wildman–Crippen LogP) is 2.34. The Morgan fingerprint density at radius 1 is 1.33 bits per heavy atom. The Balaban J connectivity index is 1.72. The van der Waals surface area contributed by atoms with Gasteiger partial charge in [-0.05, 0) is 43.5 Å². The first kappa shape index (κ1) is 11.8. The molecule has 0 unspecified atom stereocenters. The zero-order valence-corrected chi connectivity index (χ0v) is 10.9. The number of hydrogen-bond acceptors (Lipinski definition) is 2. The number of benzene rings is 1. The zero-order valence-electron chi connectivity index (χ0n) is 10.9. The molecule has 3 N–H and O–H groups in total. The van der Waals surface area contributed by atoms with Crippen molar-refractivity contribution in [1.29, 1.82) is 0 Å². The molecule has 1 saturated carbocycles. The molecule has 1 aliphatic carbocycles. The van der Waals surface area contributed by atoms with E-state index in [0.29, 0.717) is 5.41 Å². The van der Waals surface area contributed by atoms with E-state index in [0.717, 1.165) is 19.6 Å². The van der Waals surface area contributed by atoms with Crippen LogP contribution in [-0.4, -0.2) is 30.0 Å². The number of aromatic nitrogens is 1. The van der Waals surface area contributed by atoms with Crippen molar-refractivity contribution >= 4 is 10.9 Å². The van der Waals surface area contributed by atoms with Crippen LogP contribution in [0.4, 0.5) is 0 Å². The van der Waals surface area contributed by atoms with Gasteiger partial charge in [0, 0.05) is 30.2 Å². The Morgan fingerprint density at radius 3 is 2.83 bits per heavy atom. The van der Waals surface area contributed by atoms with Crippen LogP contribution in [0.25, 0.3) is 10.9 Å². The Morgan fingerprint density at radius 2 is 2.11 bits per heavy atom. The second-order valence-electron chi connectivity index (χ2n) is 5.74. The van der Waals surface area contributed by atoms with Gasteiger partial charge < -0.3 is 15.6 Å². The molecule has 18 heavy (non-hydrogen) atoms. The maximum Gasteiger partial charge on any atom is 0.0457 e. The van der Waals surface area contributed by atoms with E-state index in [2.05, 4.69) is 47.4 Å². The van der Waals surface area contributed by atoms with Gasteiger partial charge in [-0.15, -0.1) is 0 Å². The van der Waals surface area contributed by atoms with Gasteiger partial charge in [-0.25, -0.2) is 0 Å². The van der Waals surface area contributed by atoms with Crippen molar-refractivity contribution in [1.82, 2.24) is 9.88 Å². The van der Waals surface area contributed by atoms with Crippen LogP contribution < -0.4 is 5.73 Å². The molecular weight excluding hydrogens is 222 g/mol. The maximum absolute atomic E-state index is 5.85. The number of para-hydroxylation sites is 1. The van der Waals surface area contributed by atoms with E-state index in [1.54, 1.807) is 0 Å². The zero-order chi connectivity index (χ0) is 12.6. The number of nitrogens with two attached hydrogens (primary N) is 1. The van der Waals surface area contributed by atoms with Gasteiger partial charge in [-0.2, -0.15) is 0 Å². The molecule has 3 nitrogen and oxygen atoms in total. The summed E-state index contributed by atoms with van der Waals surface area (Å²) >= 11 is 0. The average Bonchev–Trinajstić information content (AvgIpc) is 3.04. The molecule has 1 aromatic carbocycles. The Hall–Kier alpha value is -1.32. The van der Waals surface area contributed by atoms with E-state index in [1.807, 2.05) is 0 Å². The Bertz CT molecular complexity index is 539. The van der Waals surface area contributed by atoms with Crippen LogP contribution in [-0.2, 0) is 6.54 Å². The van der Waals surface area contributed by atoms with Gasteiger partial charge in [0.05, 0.1) is 0 Å². The summed E-state index contributed by atoms with van der Waals surface area (Å²) in [5.41, 5.74) is 8.86. The second kappa shape index (κ2) is 4.41. The van der Waals surface area contributed by atoms with E-state index < -0.39 is 0 Å². The molecule has 3 heteroatoms. The summed E-state index contributed by atoms with van der Waals surface area (Å²) in [4.78, 5) is 5.73. The Labute approximate surface area is 108 Å². The molecule has 3 rings (SSSR count). The van der Waals surface area contributed by atoms with Crippen LogP contribution in [0.5, 0.6) is 0 Å². The minimum atomic E-state index is 0.418. The molecule has 0 aliphatic heterocycles. The van der Waals surface area contributed by atoms with Crippen molar-refractivity contribution < 1.29 is 0 Å². The third-order valence-corrected chi connectivity index (χ3v) is 4.11. The summed E-state index contributed by atoms with van der Waals surface area (Å²) in [5.74, 6) is 0. The maximum atomic E-state index is 5.85. The lowest BCUT2D eigenvalue weighted by atomic mass is 10.1. The molecule has 0 saturated heterocycles. The predicted molar refractivity (Wildman–Crippen MR) is 75.4 cm³/mol. The standard InChI is InChI=1S/C15H21N3/c1-18(11-15(10-16)6-7-15)9-12-8-17-14-5-3-2-4-13(12)14/h2-5,8,17H,6-7,9-11,16H2,1H3. The lowest BCUT2D eigenvalue weighted by molar-refractivity contribution is 0.260. The van der Waals surface area contributed by atoms with Crippen LogP contribution in [0.15, 0.2) is 30.5 Å². The topological polar surface area (TPSA) is 45.0 Å². The van der Waals surface area contributed by atoms with Gasteiger partial charge >= 0.3 is 0 Å². The van der Waals surface area contributed by atoms with Crippen LogP contribution in [0.3, 0.4) is 0 Å². The SMILES string of the molecule is CN(Cc1c[nH]c2ccccc12)CC1(CN)CC1. The summed E-state index contributed by atoms with van der Waals surface area (Å²) in [6.07, 6.45) is 4.71. The molecule has 1 fully saturated rings. The highest BCUT2D eigenvalue weighted by Gasteiger charge is 2.41. The minimum Gasteiger partial charge on any atom is -0.361 e. The quantitative estimate of drug-likeness (QED) is 0.846. The van der Waals surface area contributed by atoms with E-state index in [1.165, 1.54) is 29.3 Å². The van der Waals surface area contributed by atoms with Gasteiger partial charge in [0.25, 0.3) is 0 Å². The summed E-state index contributed by atoms with van der Waals surface area (Å²) in [5, 5.41) is 1.34. The number of nitrogens with one attached hydrogen (secondary N) is 1. The molecule has 1 heterocycles. The smallest absolute Gasteiger partial charge is 0.0457 e. The third-order valence-electron chi connectivity index (χ3n) is 4.11. The first-order valence-electron chi connectivity index (χ1n) is 6.66. The van der Waals surface area contributed by atoms with Gasteiger partial charge in [-0.3, -0.25) is 0 Å². The summed E-state index contributed by atoms with van der Waals surface area (Å²) in [6, 6.07) is 8.48. The molecule has 0 radical (unpaired) electrons. The number of H-pyrrole nitrogens is 1. The molecule has 96 valence electrons. The molecule has 1 aliphatic rings. The van der Waals surface area contributed by atoms with Crippen molar-refractivity contribution in [3.8, 4) is 0 Å². The average molecular weight is 243 g/mol. The van der Waals surface area contributed by atoms with Gasteiger partial charge in [0.2, 0.25) is 0 Å². The van der Waals surface area contributed by atoms with Gasteiger partial charge in [0.1, 0.15) is 0 Å². The number of aromatic amines is 1. The number of nitrogens with zero attached hydrogens (tertiary/aromatic N) is 1. The second-order valence-corrected chi connectivity index (χ2v) is 5.74. The van der Waals surface area contributed by atoms with Crippen molar-refractivity contribution in [2.24, 2.45) is 11.1 Å². The molecular formula is C15H21N3. The molecule has 0 bridgehead atoms. The van der Waals surface area contributed by atoms with E-state index in [9.17, 15) is 0 Å². The summed E-state index contributed by atoms with van der Waals surface area (Å²) < 4.78 is 0. The highest BCUT2D eigenvalue weighted by Crippen LogP contribution is 2.45. The first-order chi connectivity index (χ1) is 8.72. The Kier molecular flexibility index (Phi) is 2.88. The highest BCUT2D eigenvalue weighted by atomic mass is 15.1. The van der Waals surface area contributed by atoms with Crippen molar-refractivity contribution in [2.45, 2.75) is 19.4 Å². The molecule has 0 amide bonds. The molecule has 2 aromatic rings. The highest BCUT2D eigenvalue weighted by molar-refractivity contribution is 5.82. The normalized spacial score (nSPS) is 17.5. The summed E-state index contributed by atoms with van der Waals surface area (Å²) in [6.45, 7) is 2.93. The largest absolute Gasteiger partial charge is 0.361 e. The van der Waals surface area contributed by atoms with E-state index >= 15 is 0 Å². The van der Waals surface area contributed by atoms with Crippen LogP contribution in [0, 0.1) is 5.41 Å². The van der Waals surface area contributed by atoms with Crippen LogP contribution in [0.1, 0.15) is 18.4 Å². The van der Waals surface area contributed by atoms with Crippen LogP contribution >= 0.6 is 0 Å². The van der Waals surface area contributed by atoms with Crippen molar-refractivity contribution in [3.05, 3.63) is 36.0 Å². The van der Waals surface area contributed by atoms with Crippen molar-refractivity contribution in [2.75, 3.05) is 20.1 Å². The summed E-state index contributed by atoms with van der Waals surface area (Å²) in [7, 11) is 2.19. The number of fused-ring (bicyclic) bond motifs is 1. The van der Waals surface area contributed by atoms with Crippen LogP contribution in [0.2, 0.25) is 0 Å². The lowest BCUT2D eigenvalue weighted by Gasteiger charge is -2.22. The number of hydrogen-bond donors (Lipinski definition) is 2. The fourth-order valence-electron chi connectivity index (χ4n) is 2.79. The van der Waals surface area contributed by atoms with Gasteiger partial charge in [0.15, 0.2) is 0 Å². The lowest BCUT2D eigenvalue weighted by Crippen LogP contribution is -2.31. The fraction of sp³-hybridized carbons (Fsp3) is 0.467. The third kappa shape index (κ3) is 2.16. The van der Waals surface area contributed by atoms with E-state index in [4.69, 9.17) is 5.73 Å². The fourth-order valence-corrected chi connectivity index (χ4v) is 2.79. The number of rotatable bonds is 5. The van der Waals surface area contributed by atoms with Gasteiger partial charge in [-0.1, -0.05) is 18.2 Å². The molecule has 1 aromatic heterocycles. The first-order valence-corrected chi connectivity index (χ1v) is 6.66.